The van der Waals surface area contributed by atoms with E-state index in [2.05, 4.69) is 193 Å². The molecule has 2 aliphatic rings. The first-order chi connectivity index (χ1) is 22.5. The molecule has 2 aliphatic carbocycles. The molecule has 0 amide bonds. The van der Waals surface area contributed by atoms with E-state index in [1.807, 2.05) is 0 Å². The van der Waals surface area contributed by atoms with Gasteiger partial charge >= 0.3 is 0 Å². The second-order valence-electron chi connectivity index (χ2n) is 19.8. The molecule has 0 nitrogen and oxygen atoms in total. The maximum Gasteiger partial charge on any atom is 0.0715 e. The third-order valence-corrected chi connectivity index (χ3v) is 15.6. The highest BCUT2D eigenvalue weighted by molar-refractivity contribution is 6.82. The Morgan fingerprint density at radius 2 is 0.735 bits per heavy atom. The topological polar surface area (TPSA) is 0 Å². The average Bonchev–Trinajstić information content (AvgIpc) is 3.66. The van der Waals surface area contributed by atoms with E-state index in [1.165, 1.54) is 66.8 Å². The molecule has 1 heteroatoms. The molecule has 0 radical (unpaired) electrons. The van der Waals surface area contributed by atoms with Crippen molar-refractivity contribution in [3.05, 3.63) is 130 Å². The van der Waals surface area contributed by atoms with Gasteiger partial charge in [-0.2, -0.15) is 0 Å². The van der Waals surface area contributed by atoms with E-state index in [4.69, 9.17) is 0 Å². The second-order valence-corrected chi connectivity index (χ2v) is 24.6. The molecular weight excluding hydrogens is 605 g/mol. The molecule has 6 rings (SSSR count). The average molecular weight is 665 g/mol. The first kappa shape index (κ1) is 35.4. The summed E-state index contributed by atoms with van der Waals surface area (Å²) in [5.74, 6) is 0. The van der Waals surface area contributed by atoms with Crippen molar-refractivity contribution in [3.63, 3.8) is 0 Å². The van der Waals surface area contributed by atoms with E-state index in [-0.39, 0.29) is 21.7 Å². The Morgan fingerprint density at radius 3 is 1.04 bits per heavy atom. The fraction of sp³-hybridized carbons (Fsp3) is 0.417. The smallest absolute Gasteiger partial charge is 0.0715 e. The molecule has 0 unspecified atom stereocenters. The molecule has 0 N–H and O–H groups in total. The molecule has 0 spiro atoms. The van der Waals surface area contributed by atoms with Gasteiger partial charge in [-0.05, 0) is 94.0 Å². The van der Waals surface area contributed by atoms with Gasteiger partial charge < -0.3 is 0 Å². The van der Waals surface area contributed by atoms with E-state index in [9.17, 15) is 0 Å². The number of rotatable bonds is 4. The predicted octanol–water partition coefficient (Wildman–Crippen LogP) is 14.1. The van der Waals surface area contributed by atoms with Crippen LogP contribution in [0.3, 0.4) is 0 Å². The molecule has 0 aliphatic heterocycles. The molecule has 0 saturated carbocycles. The third-order valence-electron chi connectivity index (χ3n) is 11.4. The molecular formula is C48H60Si. The Balaban J connectivity index is 1.55. The SMILES string of the molecule is CC(C)(C)c1cc(-c2ccc3c(c2)C([Si](C)(C)C2C=CC=C2)c2cc(-c4cc(C(C)(C)C)cc(C(C)(C)C)c4)ccc2-3)cc(C(C)(C)C)c1. The number of fused-ring (bicyclic) bond motifs is 3. The Kier molecular flexibility index (Phi) is 8.55. The molecule has 4 aromatic rings. The Bertz CT molecular complexity index is 1770. The standard InChI is InChI=1S/C48H60Si/c1-45(2,3)35-23-33(24-36(29-35)46(4,5)6)31-19-21-40-41-22-20-32(34-25-37(47(7,8)9)30-38(26-34)48(10,11)12)28-43(41)44(42(40)27-31)49(13,14)39-17-15-16-18-39/h15-30,39,44H,1-14H3. The summed E-state index contributed by atoms with van der Waals surface area (Å²) < 4.78 is 0. The van der Waals surface area contributed by atoms with Crippen LogP contribution in [0.25, 0.3) is 33.4 Å². The van der Waals surface area contributed by atoms with Crippen LogP contribution in [-0.4, -0.2) is 8.07 Å². The van der Waals surface area contributed by atoms with Crippen molar-refractivity contribution in [1.29, 1.82) is 0 Å². The minimum absolute atomic E-state index is 0.0785. The van der Waals surface area contributed by atoms with Gasteiger partial charge in [0.1, 0.15) is 0 Å². The highest BCUT2D eigenvalue weighted by Gasteiger charge is 2.45. The normalized spacial score (nSPS) is 15.6. The maximum absolute atomic E-state index is 2.62. The van der Waals surface area contributed by atoms with Crippen molar-refractivity contribution < 1.29 is 0 Å². The van der Waals surface area contributed by atoms with Gasteiger partial charge in [0.05, 0.1) is 8.07 Å². The molecule has 49 heavy (non-hydrogen) atoms. The van der Waals surface area contributed by atoms with Crippen molar-refractivity contribution in [2.24, 2.45) is 0 Å². The lowest BCUT2D eigenvalue weighted by atomic mass is 9.78. The van der Waals surface area contributed by atoms with Crippen LogP contribution in [0, 0.1) is 0 Å². The van der Waals surface area contributed by atoms with Gasteiger partial charge in [-0.3, -0.25) is 0 Å². The highest BCUT2D eigenvalue weighted by atomic mass is 28.3. The van der Waals surface area contributed by atoms with Crippen LogP contribution in [0.5, 0.6) is 0 Å². The van der Waals surface area contributed by atoms with E-state index >= 15 is 0 Å². The number of allylic oxidation sites excluding steroid dienone is 4. The van der Waals surface area contributed by atoms with Crippen LogP contribution in [0.15, 0.2) is 97.1 Å². The van der Waals surface area contributed by atoms with E-state index < -0.39 is 8.07 Å². The molecule has 0 bridgehead atoms. The number of hydrogen-bond donors (Lipinski definition) is 0. The summed E-state index contributed by atoms with van der Waals surface area (Å²) in [6.45, 7) is 33.3. The summed E-state index contributed by atoms with van der Waals surface area (Å²) in [6.07, 6.45) is 9.45. The number of hydrogen-bond acceptors (Lipinski definition) is 0. The van der Waals surface area contributed by atoms with Crippen molar-refractivity contribution in [2.45, 2.75) is 129 Å². The van der Waals surface area contributed by atoms with Crippen molar-refractivity contribution in [3.8, 4) is 33.4 Å². The summed E-state index contributed by atoms with van der Waals surface area (Å²) in [6, 6.07) is 29.5. The maximum atomic E-state index is 2.62. The zero-order valence-electron chi connectivity index (χ0n) is 32.9. The minimum atomic E-state index is -1.92. The van der Waals surface area contributed by atoms with Gasteiger partial charge in [-0.1, -0.05) is 193 Å². The fourth-order valence-corrected chi connectivity index (χ4v) is 11.5. The van der Waals surface area contributed by atoms with Gasteiger partial charge in [-0.15, -0.1) is 0 Å². The molecule has 256 valence electrons. The van der Waals surface area contributed by atoms with Crippen LogP contribution in [0.4, 0.5) is 0 Å². The number of benzene rings is 4. The Morgan fingerprint density at radius 1 is 0.408 bits per heavy atom. The minimum Gasteiger partial charge on any atom is -0.0803 e. The van der Waals surface area contributed by atoms with Crippen LogP contribution in [-0.2, 0) is 21.7 Å². The lowest BCUT2D eigenvalue weighted by Gasteiger charge is -2.35. The molecule has 0 atom stereocenters. The quantitative estimate of drug-likeness (QED) is 0.190. The summed E-state index contributed by atoms with van der Waals surface area (Å²) >= 11 is 0. The third kappa shape index (κ3) is 6.73. The van der Waals surface area contributed by atoms with E-state index in [0.717, 1.165) is 0 Å². The van der Waals surface area contributed by atoms with Gasteiger partial charge in [0.15, 0.2) is 0 Å². The Hall–Kier alpha value is -3.42. The monoisotopic (exact) mass is 664 g/mol. The van der Waals surface area contributed by atoms with Crippen molar-refractivity contribution in [1.82, 2.24) is 0 Å². The molecule has 4 aromatic carbocycles. The van der Waals surface area contributed by atoms with Gasteiger partial charge in [0.25, 0.3) is 0 Å². The summed E-state index contributed by atoms with van der Waals surface area (Å²) in [4.78, 5) is 0. The largest absolute Gasteiger partial charge is 0.0803 e. The van der Waals surface area contributed by atoms with Gasteiger partial charge in [-0.25, -0.2) is 0 Å². The lowest BCUT2D eigenvalue weighted by Crippen LogP contribution is -2.38. The summed E-state index contributed by atoms with van der Waals surface area (Å²) in [5, 5.41) is 0. The lowest BCUT2D eigenvalue weighted by molar-refractivity contribution is 0.568. The predicted molar refractivity (Wildman–Crippen MR) is 219 cm³/mol. The van der Waals surface area contributed by atoms with Gasteiger partial charge in [0, 0.05) is 5.54 Å². The summed E-state index contributed by atoms with van der Waals surface area (Å²) in [5.41, 5.74) is 18.1. The zero-order chi connectivity index (χ0) is 35.9. The zero-order valence-corrected chi connectivity index (χ0v) is 33.9. The molecule has 0 fully saturated rings. The fourth-order valence-electron chi connectivity index (χ4n) is 7.86. The first-order valence-corrected chi connectivity index (χ1v) is 21.7. The summed E-state index contributed by atoms with van der Waals surface area (Å²) in [7, 11) is -1.92. The molecule has 0 aromatic heterocycles. The Labute approximate surface area is 299 Å². The first-order valence-electron chi connectivity index (χ1n) is 18.5. The van der Waals surface area contributed by atoms with Crippen LogP contribution < -0.4 is 0 Å². The second kappa shape index (κ2) is 11.8. The highest BCUT2D eigenvalue weighted by Crippen LogP contribution is 2.54. The van der Waals surface area contributed by atoms with Crippen molar-refractivity contribution >= 4 is 8.07 Å². The molecule has 0 saturated heterocycles. The van der Waals surface area contributed by atoms with Crippen LogP contribution in [0.1, 0.15) is 122 Å². The molecule has 0 heterocycles. The van der Waals surface area contributed by atoms with Crippen LogP contribution in [0.2, 0.25) is 18.6 Å². The van der Waals surface area contributed by atoms with Crippen LogP contribution >= 0.6 is 0 Å². The van der Waals surface area contributed by atoms with Crippen molar-refractivity contribution in [2.75, 3.05) is 0 Å². The van der Waals surface area contributed by atoms with E-state index in [0.29, 0.717) is 11.1 Å². The van der Waals surface area contributed by atoms with E-state index in [1.54, 1.807) is 0 Å². The van der Waals surface area contributed by atoms with Gasteiger partial charge in [0.2, 0.25) is 0 Å².